The lowest BCUT2D eigenvalue weighted by Crippen LogP contribution is -2.37. The van der Waals surface area contributed by atoms with Gasteiger partial charge in [0.05, 0.1) is 10.6 Å². The van der Waals surface area contributed by atoms with Crippen LogP contribution >= 0.6 is 11.6 Å². The smallest absolute Gasteiger partial charge is 0.253 e. The summed E-state index contributed by atoms with van der Waals surface area (Å²) in [7, 11) is 0. The van der Waals surface area contributed by atoms with E-state index in [1.807, 2.05) is 0 Å². The fourth-order valence-corrected chi connectivity index (χ4v) is 1.25. The van der Waals surface area contributed by atoms with Crippen LogP contribution < -0.4 is 11.1 Å². The van der Waals surface area contributed by atoms with Crippen LogP contribution in [0.2, 0.25) is 5.02 Å². The zero-order valence-electron chi connectivity index (χ0n) is 8.26. The second-order valence-electron chi connectivity index (χ2n) is 3.21. The van der Waals surface area contributed by atoms with Gasteiger partial charge < -0.3 is 11.1 Å². The van der Waals surface area contributed by atoms with E-state index in [1.165, 1.54) is 18.2 Å². The Balaban J connectivity index is 2.87. The van der Waals surface area contributed by atoms with E-state index in [4.69, 9.17) is 17.3 Å². The number of carbonyl (C=O) groups is 1. The van der Waals surface area contributed by atoms with Gasteiger partial charge in [0.15, 0.2) is 0 Å². The molecule has 0 aliphatic rings. The molecule has 1 rings (SSSR count). The summed E-state index contributed by atoms with van der Waals surface area (Å²) >= 11 is 5.65. The second kappa shape index (κ2) is 5.09. The van der Waals surface area contributed by atoms with Crippen LogP contribution in [-0.2, 0) is 0 Å². The van der Waals surface area contributed by atoms with Crippen molar-refractivity contribution in [3.05, 3.63) is 34.6 Å². The maximum atomic E-state index is 13.0. The van der Waals surface area contributed by atoms with E-state index in [2.05, 4.69) is 5.32 Å². The van der Waals surface area contributed by atoms with Crippen molar-refractivity contribution in [1.82, 2.24) is 5.32 Å². The molecular weight excluding hydrogens is 219 g/mol. The van der Waals surface area contributed by atoms with Gasteiger partial charge in [-0.25, -0.2) is 4.39 Å². The average Bonchev–Trinajstić information content (AvgIpc) is 2.21. The summed E-state index contributed by atoms with van der Waals surface area (Å²) in [6.07, 6.45) is 0. The molecule has 3 N–H and O–H groups in total. The minimum Gasteiger partial charge on any atom is -0.348 e. The van der Waals surface area contributed by atoms with Gasteiger partial charge in [0, 0.05) is 12.6 Å². The van der Waals surface area contributed by atoms with E-state index in [-0.39, 0.29) is 16.6 Å². The van der Waals surface area contributed by atoms with Gasteiger partial charge in [-0.1, -0.05) is 17.7 Å². The van der Waals surface area contributed by atoms with Gasteiger partial charge in [0.2, 0.25) is 0 Å². The first kappa shape index (κ1) is 11.9. The van der Waals surface area contributed by atoms with Gasteiger partial charge in [-0.3, -0.25) is 4.79 Å². The highest BCUT2D eigenvalue weighted by Gasteiger charge is 2.14. The molecule has 1 aromatic carbocycles. The molecule has 0 aliphatic heterocycles. The van der Waals surface area contributed by atoms with Crippen LogP contribution in [0.15, 0.2) is 18.2 Å². The van der Waals surface area contributed by atoms with Crippen LogP contribution in [0.5, 0.6) is 0 Å². The molecule has 82 valence electrons. The Morgan fingerprint density at radius 1 is 1.67 bits per heavy atom. The molecule has 0 bridgehead atoms. The summed E-state index contributed by atoms with van der Waals surface area (Å²) in [4.78, 5) is 11.6. The van der Waals surface area contributed by atoms with Gasteiger partial charge >= 0.3 is 0 Å². The van der Waals surface area contributed by atoms with Crippen molar-refractivity contribution >= 4 is 17.5 Å². The van der Waals surface area contributed by atoms with Crippen molar-refractivity contribution in [3.63, 3.8) is 0 Å². The SMILES string of the molecule is C[C@H](CN)NC(=O)c1cccc(F)c1Cl. The van der Waals surface area contributed by atoms with E-state index >= 15 is 0 Å². The van der Waals surface area contributed by atoms with Gasteiger partial charge in [-0.15, -0.1) is 0 Å². The third-order valence-electron chi connectivity index (χ3n) is 1.93. The van der Waals surface area contributed by atoms with Crippen molar-refractivity contribution in [3.8, 4) is 0 Å². The number of rotatable bonds is 3. The predicted molar refractivity (Wildman–Crippen MR) is 57.4 cm³/mol. The van der Waals surface area contributed by atoms with Crippen molar-refractivity contribution < 1.29 is 9.18 Å². The van der Waals surface area contributed by atoms with Crippen LogP contribution in [-0.4, -0.2) is 18.5 Å². The van der Waals surface area contributed by atoms with E-state index in [0.717, 1.165) is 0 Å². The van der Waals surface area contributed by atoms with Crippen LogP contribution in [0.4, 0.5) is 4.39 Å². The normalized spacial score (nSPS) is 12.3. The molecule has 0 saturated heterocycles. The molecule has 1 amide bonds. The molecule has 0 spiro atoms. The summed E-state index contributed by atoms with van der Waals surface area (Å²) in [5, 5.41) is 2.43. The maximum absolute atomic E-state index is 13.0. The topological polar surface area (TPSA) is 55.1 Å². The number of hydrogen-bond donors (Lipinski definition) is 2. The van der Waals surface area contributed by atoms with Gasteiger partial charge in [0.25, 0.3) is 5.91 Å². The predicted octanol–water partition coefficient (Wildman–Crippen LogP) is 1.56. The first-order valence-electron chi connectivity index (χ1n) is 4.51. The zero-order chi connectivity index (χ0) is 11.4. The third kappa shape index (κ3) is 2.91. The Labute approximate surface area is 92.4 Å². The molecule has 1 atom stereocenters. The highest BCUT2D eigenvalue weighted by Crippen LogP contribution is 2.19. The number of carbonyl (C=O) groups excluding carboxylic acids is 1. The van der Waals surface area contributed by atoms with Crippen LogP contribution in [0.25, 0.3) is 0 Å². The fraction of sp³-hybridized carbons (Fsp3) is 0.300. The molecule has 0 aliphatic carbocycles. The Hall–Kier alpha value is -1.13. The monoisotopic (exact) mass is 230 g/mol. The van der Waals surface area contributed by atoms with Crippen molar-refractivity contribution in [1.29, 1.82) is 0 Å². The summed E-state index contributed by atoms with van der Waals surface area (Å²) in [6, 6.07) is 3.93. The highest BCUT2D eigenvalue weighted by molar-refractivity contribution is 6.34. The molecule has 0 saturated carbocycles. The molecular formula is C10H12ClFN2O. The lowest BCUT2D eigenvalue weighted by Gasteiger charge is -2.12. The molecule has 0 unspecified atom stereocenters. The summed E-state index contributed by atoms with van der Waals surface area (Å²) < 4.78 is 13.0. The zero-order valence-corrected chi connectivity index (χ0v) is 9.01. The Bertz CT molecular complexity index is 370. The lowest BCUT2D eigenvalue weighted by molar-refractivity contribution is 0.0941. The number of halogens is 2. The number of amides is 1. The molecule has 0 heterocycles. The summed E-state index contributed by atoms with van der Waals surface area (Å²) in [6.45, 7) is 2.07. The molecule has 0 aromatic heterocycles. The average molecular weight is 231 g/mol. The number of nitrogens with one attached hydrogen (secondary N) is 1. The molecule has 15 heavy (non-hydrogen) atoms. The van der Waals surface area contributed by atoms with Crippen LogP contribution in [0, 0.1) is 5.82 Å². The van der Waals surface area contributed by atoms with Crippen molar-refractivity contribution in [2.75, 3.05) is 6.54 Å². The minimum absolute atomic E-state index is 0.122. The third-order valence-corrected chi connectivity index (χ3v) is 2.31. The number of nitrogens with two attached hydrogens (primary N) is 1. The highest BCUT2D eigenvalue weighted by atomic mass is 35.5. The van der Waals surface area contributed by atoms with Crippen LogP contribution in [0.1, 0.15) is 17.3 Å². The number of benzene rings is 1. The summed E-state index contributed by atoms with van der Waals surface area (Å²) in [5.74, 6) is -1.03. The Morgan fingerprint density at radius 3 is 2.93 bits per heavy atom. The maximum Gasteiger partial charge on any atom is 0.253 e. The molecule has 0 radical (unpaired) electrons. The largest absolute Gasteiger partial charge is 0.348 e. The van der Waals surface area contributed by atoms with Gasteiger partial charge in [-0.05, 0) is 19.1 Å². The lowest BCUT2D eigenvalue weighted by atomic mass is 10.2. The van der Waals surface area contributed by atoms with Gasteiger partial charge in [-0.2, -0.15) is 0 Å². The quantitative estimate of drug-likeness (QED) is 0.828. The molecule has 0 fully saturated rings. The fourth-order valence-electron chi connectivity index (χ4n) is 1.04. The molecule has 3 nitrogen and oxygen atoms in total. The molecule has 5 heteroatoms. The van der Waals surface area contributed by atoms with E-state index in [1.54, 1.807) is 6.92 Å². The number of hydrogen-bond acceptors (Lipinski definition) is 2. The Morgan fingerprint density at radius 2 is 2.33 bits per heavy atom. The first-order chi connectivity index (χ1) is 7.06. The minimum atomic E-state index is -0.607. The van der Waals surface area contributed by atoms with Crippen molar-refractivity contribution in [2.45, 2.75) is 13.0 Å². The van der Waals surface area contributed by atoms with Crippen LogP contribution in [0.3, 0.4) is 0 Å². The first-order valence-corrected chi connectivity index (χ1v) is 4.89. The van der Waals surface area contributed by atoms with E-state index in [0.29, 0.717) is 6.54 Å². The van der Waals surface area contributed by atoms with Gasteiger partial charge in [0.1, 0.15) is 5.82 Å². The second-order valence-corrected chi connectivity index (χ2v) is 3.59. The standard InChI is InChI=1S/C10H12ClFN2O/c1-6(5-13)14-10(15)7-3-2-4-8(12)9(7)11/h2-4,6H,5,13H2,1H3,(H,14,15)/t6-/m1/s1. The Kier molecular flexibility index (Phi) is 4.05. The van der Waals surface area contributed by atoms with Crippen molar-refractivity contribution in [2.24, 2.45) is 5.73 Å². The molecule has 1 aromatic rings. The summed E-state index contributed by atoms with van der Waals surface area (Å²) in [5.41, 5.74) is 5.47. The van der Waals surface area contributed by atoms with E-state index in [9.17, 15) is 9.18 Å². The van der Waals surface area contributed by atoms with E-state index < -0.39 is 11.7 Å².